The van der Waals surface area contributed by atoms with Crippen molar-refractivity contribution in [3.8, 4) is 0 Å². The number of hydrogen-bond donors (Lipinski definition) is 3. The average Bonchev–Trinajstić information content (AvgIpc) is 3.18. The second kappa shape index (κ2) is 7.61. The fraction of sp³-hybridized carbons (Fsp3) is 0.353. The zero-order valence-corrected chi connectivity index (χ0v) is 17.0. The number of halogens is 5. The molecule has 1 fully saturated rings. The van der Waals surface area contributed by atoms with Crippen LogP contribution in [0.1, 0.15) is 37.3 Å². The summed E-state index contributed by atoms with van der Waals surface area (Å²) in [7, 11) is 0. The number of benzene rings is 1. The summed E-state index contributed by atoms with van der Waals surface area (Å²) >= 11 is 6.75. The number of rotatable bonds is 0. The second-order valence-electron chi connectivity index (χ2n) is 6.59. The van der Waals surface area contributed by atoms with Crippen molar-refractivity contribution < 1.29 is 13.2 Å². The van der Waals surface area contributed by atoms with Crippen LogP contribution in [0.5, 0.6) is 0 Å². The first kappa shape index (κ1) is 21.0. The molecule has 1 aromatic carbocycles. The summed E-state index contributed by atoms with van der Waals surface area (Å²) in [6.45, 7) is 2.89. The molecule has 28 heavy (non-hydrogen) atoms. The monoisotopic (exact) mass is 449 g/mol. The summed E-state index contributed by atoms with van der Waals surface area (Å²) in [6.07, 6.45) is 3.16. The van der Waals surface area contributed by atoms with Crippen LogP contribution in [-0.4, -0.2) is 34.3 Å². The van der Waals surface area contributed by atoms with Crippen LogP contribution in [0.15, 0.2) is 9.90 Å². The summed E-state index contributed by atoms with van der Waals surface area (Å²) in [5.74, 6) is -4.66. The van der Waals surface area contributed by atoms with Gasteiger partial charge in [-0.05, 0) is 37.9 Å². The molecule has 0 spiro atoms. The van der Waals surface area contributed by atoms with Gasteiger partial charge in [0.1, 0.15) is 10.9 Å². The topological polar surface area (TPSA) is 75.3 Å². The predicted molar refractivity (Wildman–Crippen MR) is 108 cm³/mol. The van der Waals surface area contributed by atoms with Crippen molar-refractivity contribution in [3.05, 3.63) is 38.5 Å². The molecule has 5 nitrogen and oxygen atoms in total. The van der Waals surface area contributed by atoms with Gasteiger partial charge in [0.2, 0.25) is 0 Å². The van der Waals surface area contributed by atoms with E-state index < -0.39 is 33.9 Å². The largest absolute Gasteiger partial charge is 0.348 e. The Morgan fingerprint density at radius 2 is 1.86 bits per heavy atom. The number of amidine groups is 3. The Bertz CT molecular complexity index is 963. The van der Waals surface area contributed by atoms with E-state index in [2.05, 4.69) is 22.1 Å². The van der Waals surface area contributed by atoms with E-state index in [0.717, 1.165) is 37.6 Å². The van der Waals surface area contributed by atoms with Crippen LogP contribution in [0.4, 0.5) is 13.2 Å². The van der Waals surface area contributed by atoms with Gasteiger partial charge < -0.3 is 10.2 Å². The second-order valence-corrected chi connectivity index (χ2v) is 7.95. The lowest BCUT2D eigenvalue weighted by molar-refractivity contribution is 0.263. The van der Waals surface area contributed by atoms with Gasteiger partial charge in [-0.15, -0.1) is 12.4 Å². The number of aliphatic imine (C=N–C) groups is 1. The lowest BCUT2D eigenvalue weighted by atomic mass is 10.1. The number of hydrogen-bond acceptors (Lipinski definition) is 4. The summed E-state index contributed by atoms with van der Waals surface area (Å²) in [5.41, 5.74) is -0.837. The maximum Gasteiger partial charge on any atom is 0.181 e. The van der Waals surface area contributed by atoms with Crippen LogP contribution >= 0.6 is 35.8 Å². The highest BCUT2D eigenvalue weighted by Gasteiger charge is 2.38. The van der Waals surface area contributed by atoms with Gasteiger partial charge in [0.15, 0.2) is 28.5 Å². The first-order valence-electron chi connectivity index (χ1n) is 8.40. The molecule has 3 aliphatic heterocycles. The molecule has 0 amide bonds. The number of thioether (sulfide) groups is 1. The van der Waals surface area contributed by atoms with E-state index in [9.17, 15) is 13.2 Å². The van der Waals surface area contributed by atoms with Gasteiger partial charge in [-0.2, -0.15) is 0 Å². The minimum absolute atomic E-state index is 0. The van der Waals surface area contributed by atoms with E-state index >= 15 is 0 Å². The zero-order chi connectivity index (χ0) is 19.5. The SMILES string of the molecule is CC1CCCCN1C1=NC(=N)/C(=C2\NC(=N)c3c(F)c(F)c(Cl)c(F)c32)S1.Cl. The molecule has 1 atom stereocenters. The number of fused-ring (bicyclic) bond motifs is 1. The Balaban J connectivity index is 0.00000225. The third kappa shape index (κ3) is 3.09. The van der Waals surface area contributed by atoms with Gasteiger partial charge in [-0.25, -0.2) is 18.2 Å². The van der Waals surface area contributed by atoms with Crippen LogP contribution in [0.25, 0.3) is 5.70 Å². The van der Waals surface area contributed by atoms with Gasteiger partial charge in [0, 0.05) is 12.6 Å². The number of nitrogens with zero attached hydrogens (tertiary/aromatic N) is 2. The average molecular weight is 450 g/mol. The summed E-state index contributed by atoms with van der Waals surface area (Å²) < 4.78 is 42.7. The summed E-state index contributed by atoms with van der Waals surface area (Å²) in [4.78, 5) is 6.62. The standard InChI is InChI=1S/C17H15ClF3N5S.ClH/c1-6-4-2-3-5-26(6)17-25-16(23)14(27-17)13-7-8(15(22)24-13)11(20)12(21)9(18)10(7)19;/h6,23H,2-5H2,1H3,(H2,22,24);1H/b14-13+,23-16?;. The van der Waals surface area contributed by atoms with Crippen LogP contribution < -0.4 is 5.32 Å². The van der Waals surface area contributed by atoms with Gasteiger partial charge in [-0.1, -0.05) is 11.6 Å². The van der Waals surface area contributed by atoms with E-state index in [4.69, 9.17) is 22.4 Å². The Morgan fingerprint density at radius 1 is 1.14 bits per heavy atom. The lowest BCUT2D eigenvalue weighted by Crippen LogP contribution is -2.40. The van der Waals surface area contributed by atoms with Gasteiger partial charge in [0.25, 0.3) is 0 Å². The lowest BCUT2D eigenvalue weighted by Gasteiger charge is -2.34. The normalized spacial score (nSPS) is 24.1. The Labute approximate surface area is 174 Å². The molecule has 3 N–H and O–H groups in total. The minimum atomic E-state index is -1.53. The fourth-order valence-corrected chi connectivity index (χ4v) is 4.79. The maximum absolute atomic E-state index is 14.6. The van der Waals surface area contributed by atoms with Gasteiger partial charge in [0.05, 0.1) is 21.7 Å². The highest BCUT2D eigenvalue weighted by molar-refractivity contribution is 8.18. The first-order valence-corrected chi connectivity index (χ1v) is 9.59. The van der Waals surface area contributed by atoms with Gasteiger partial charge in [-0.3, -0.25) is 10.8 Å². The molecule has 3 aliphatic rings. The van der Waals surface area contributed by atoms with Crippen LogP contribution in [0.3, 0.4) is 0 Å². The molecule has 0 bridgehead atoms. The van der Waals surface area contributed by atoms with Crippen molar-refractivity contribution in [2.75, 3.05) is 6.54 Å². The molecular formula is C17H16Cl2F3N5S. The highest BCUT2D eigenvalue weighted by Crippen LogP contribution is 2.42. The molecule has 11 heteroatoms. The quantitative estimate of drug-likeness (QED) is 0.395. The molecule has 0 saturated carbocycles. The van der Waals surface area contributed by atoms with Crippen molar-refractivity contribution in [2.24, 2.45) is 4.99 Å². The molecule has 1 saturated heterocycles. The number of piperidine rings is 1. The van der Waals surface area contributed by atoms with Crippen LogP contribution in [-0.2, 0) is 0 Å². The minimum Gasteiger partial charge on any atom is -0.348 e. The molecule has 0 aromatic heterocycles. The molecular weight excluding hydrogens is 434 g/mol. The number of nitrogens with one attached hydrogen (secondary N) is 3. The van der Waals surface area contributed by atoms with Gasteiger partial charge >= 0.3 is 0 Å². The first-order chi connectivity index (χ1) is 12.8. The fourth-order valence-electron chi connectivity index (χ4n) is 3.50. The third-order valence-electron chi connectivity index (χ3n) is 4.91. The van der Waals surface area contributed by atoms with Crippen molar-refractivity contribution in [1.29, 1.82) is 10.8 Å². The molecule has 4 rings (SSSR count). The van der Waals surface area contributed by atoms with E-state index in [1.165, 1.54) is 0 Å². The molecule has 3 heterocycles. The van der Waals surface area contributed by atoms with E-state index in [1.807, 2.05) is 0 Å². The Hall–Kier alpha value is -1.71. The Morgan fingerprint density at radius 3 is 2.54 bits per heavy atom. The Kier molecular flexibility index (Phi) is 5.71. The predicted octanol–water partition coefficient (Wildman–Crippen LogP) is 4.73. The number of likely N-dealkylation sites (tertiary alicyclic amines) is 1. The molecule has 0 radical (unpaired) electrons. The summed E-state index contributed by atoms with van der Waals surface area (Å²) in [5, 5.41) is 18.3. The van der Waals surface area contributed by atoms with E-state index in [-0.39, 0.29) is 40.5 Å². The summed E-state index contributed by atoms with van der Waals surface area (Å²) in [6, 6.07) is 0.266. The molecule has 0 aliphatic carbocycles. The van der Waals surface area contributed by atoms with Crippen molar-refractivity contribution in [2.45, 2.75) is 32.2 Å². The van der Waals surface area contributed by atoms with Crippen molar-refractivity contribution in [3.63, 3.8) is 0 Å². The maximum atomic E-state index is 14.6. The van der Waals surface area contributed by atoms with Crippen molar-refractivity contribution in [1.82, 2.24) is 10.2 Å². The molecule has 1 aromatic rings. The third-order valence-corrected chi connectivity index (χ3v) is 6.35. The van der Waals surface area contributed by atoms with E-state index in [1.54, 1.807) is 0 Å². The molecule has 1 unspecified atom stereocenters. The van der Waals surface area contributed by atoms with E-state index in [0.29, 0.717) is 5.17 Å². The van der Waals surface area contributed by atoms with Crippen LogP contribution in [0.2, 0.25) is 5.02 Å². The van der Waals surface area contributed by atoms with Crippen LogP contribution in [0, 0.1) is 28.3 Å². The highest BCUT2D eigenvalue weighted by atomic mass is 35.5. The smallest absolute Gasteiger partial charge is 0.181 e. The zero-order valence-electron chi connectivity index (χ0n) is 14.6. The molecule has 150 valence electrons. The van der Waals surface area contributed by atoms with Crippen molar-refractivity contribution >= 4 is 58.3 Å².